The van der Waals surface area contributed by atoms with Crippen LogP contribution < -0.4 is 5.73 Å². The molecule has 1 rings (SSSR count). The molecular weight excluding hydrogens is 240 g/mol. The Kier molecular flexibility index (Phi) is 6.01. The fourth-order valence-electron chi connectivity index (χ4n) is 2.50. The Bertz CT molecular complexity index is 332. The fourth-order valence-corrected chi connectivity index (χ4v) is 2.50. The number of methoxy groups -OCH3 is 1. The number of carbonyl (C=O) groups is 1. The third-order valence-corrected chi connectivity index (χ3v) is 3.44. The first-order valence-electron chi connectivity index (χ1n) is 7.03. The second kappa shape index (κ2) is 7.06. The zero-order chi connectivity index (χ0) is 14.5. The average molecular weight is 268 g/mol. The normalized spacial score (nSPS) is 18.2. The second-order valence-corrected chi connectivity index (χ2v) is 6.53. The fraction of sp³-hybridized carbons (Fsp3) is 0.800. The number of nitrogens with two attached hydrogens (primary N) is 1. The highest BCUT2D eigenvalue weighted by Gasteiger charge is 2.28. The van der Waals surface area contributed by atoms with Crippen LogP contribution in [0, 0.1) is 11.3 Å². The van der Waals surface area contributed by atoms with Crippen molar-refractivity contribution >= 4 is 5.91 Å². The summed E-state index contributed by atoms with van der Waals surface area (Å²) in [6.45, 7) is 9.03. The van der Waals surface area contributed by atoms with Gasteiger partial charge in [0, 0.05) is 26.7 Å². The van der Waals surface area contributed by atoms with Gasteiger partial charge in [0.25, 0.3) is 0 Å². The van der Waals surface area contributed by atoms with Crippen LogP contribution in [0.1, 0.15) is 33.6 Å². The van der Waals surface area contributed by atoms with Crippen molar-refractivity contribution in [2.45, 2.75) is 33.6 Å². The van der Waals surface area contributed by atoms with Crippen molar-refractivity contribution < 1.29 is 9.53 Å². The van der Waals surface area contributed by atoms with E-state index in [1.54, 1.807) is 7.11 Å². The molecule has 1 atom stereocenters. The summed E-state index contributed by atoms with van der Waals surface area (Å²) >= 11 is 0. The van der Waals surface area contributed by atoms with Crippen LogP contribution in [-0.2, 0) is 9.53 Å². The van der Waals surface area contributed by atoms with E-state index in [0.717, 1.165) is 19.4 Å². The Hall–Kier alpha value is -0.870. The summed E-state index contributed by atoms with van der Waals surface area (Å²) in [5.41, 5.74) is 7.20. The Morgan fingerprint density at radius 2 is 2.21 bits per heavy atom. The molecule has 0 saturated carbocycles. The van der Waals surface area contributed by atoms with E-state index in [-0.39, 0.29) is 17.2 Å². The van der Waals surface area contributed by atoms with E-state index >= 15 is 0 Å². The van der Waals surface area contributed by atoms with Gasteiger partial charge in [-0.25, -0.2) is 0 Å². The monoisotopic (exact) mass is 268 g/mol. The summed E-state index contributed by atoms with van der Waals surface area (Å²) in [6, 6.07) is 0. The van der Waals surface area contributed by atoms with Crippen LogP contribution in [0.15, 0.2) is 11.6 Å². The molecule has 0 bridgehead atoms. The van der Waals surface area contributed by atoms with E-state index in [4.69, 9.17) is 10.5 Å². The lowest BCUT2D eigenvalue weighted by molar-refractivity contribution is -0.135. The summed E-state index contributed by atoms with van der Waals surface area (Å²) < 4.78 is 5.12. The van der Waals surface area contributed by atoms with Crippen molar-refractivity contribution in [2.75, 3.05) is 33.4 Å². The number of nitrogens with zero attached hydrogens (tertiary/aromatic N) is 1. The highest BCUT2D eigenvalue weighted by Crippen LogP contribution is 2.26. The van der Waals surface area contributed by atoms with Crippen molar-refractivity contribution in [3.63, 3.8) is 0 Å². The lowest BCUT2D eigenvalue weighted by Crippen LogP contribution is -2.42. The van der Waals surface area contributed by atoms with Gasteiger partial charge in [-0.2, -0.15) is 0 Å². The number of amides is 1. The zero-order valence-corrected chi connectivity index (χ0v) is 12.7. The molecule has 110 valence electrons. The van der Waals surface area contributed by atoms with Gasteiger partial charge in [0.15, 0.2) is 0 Å². The van der Waals surface area contributed by atoms with Crippen LogP contribution >= 0.6 is 0 Å². The highest BCUT2D eigenvalue weighted by atomic mass is 16.5. The predicted molar refractivity (Wildman–Crippen MR) is 77.8 cm³/mol. The molecule has 1 aliphatic heterocycles. The molecule has 0 radical (unpaired) electrons. The Balaban J connectivity index is 2.58. The molecule has 4 nitrogen and oxygen atoms in total. The predicted octanol–water partition coefficient (Wildman–Crippen LogP) is 1.80. The van der Waals surface area contributed by atoms with Gasteiger partial charge < -0.3 is 15.4 Å². The topological polar surface area (TPSA) is 55.6 Å². The summed E-state index contributed by atoms with van der Waals surface area (Å²) in [5, 5.41) is 0. The van der Waals surface area contributed by atoms with Gasteiger partial charge in [-0.3, -0.25) is 4.79 Å². The first-order chi connectivity index (χ1) is 8.87. The van der Waals surface area contributed by atoms with E-state index in [1.165, 1.54) is 5.57 Å². The smallest absolute Gasteiger partial charge is 0.227 e. The first kappa shape index (κ1) is 16.2. The van der Waals surface area contributed by atoms with Gasteiger partial charge in [-0.1, -0.05) is 26.8 Å². The van der Waals surface area contributed by atoms with Gasteiger partial charge in [-0.05, 0) is 23.8 Å². The Morgan fingerprint density at radius 3 is 2.63 bits per heavy atom. The lowest BCUT2D eigenvalue weighted by atomic mass is 9.84. The number of ether oxygens (including phenoxy) is 1. The molecule has 1 unspecified atom stereocenters. The molecule has 0 fully saturated rings. The molecule has 1 heterocycles. The third kappa shape index (κ3) is 5.33. The number of carbonyl (C=O) groups excluding carboxylic acids is 1. The van der Waals surface area contributed by atoms with Crippen LogP contribution in [0.25, 0.3) is 0 Å². The van der Waals surface area contributed by atoms with Crippen LogP contribution in [0.5, 0.6) is 0 Å². The summed E-state index contributed by atoms with van der Waals surface area (Å²) in [4.78, 5) is 14.4. The number of hydrogen-bond donors (Lipinski definition) is 1. The third-order valence-electron chi connectivity index (χ3n) is 3.44. The minimum Gasteiger partial charge on any atom is -0.380 e. The van der Waals surface area contributed by atoms with Crippen molar-refractivity contribution in [3.05, 3.63) is 11.6 Å². The van der Waals surface area contributed by atoms with Gasteiger partial charge >= 0.3 is 0 Å². The van der Waals surface area contributed by atoms with Crippen LogP contribution in [-0.4, -0.2) is 44.2 Å². The molecule has 1 amide bonds. The lowest BCUT2D eigenvalue weighted by Gasteiger charge is -2.32. The van der Waals surface area contributed by atoms with Gasteiger partial charge in [-0.15, -0.1) is 0 Å². The molecule has 0 aromatic heterocycles. The highest BCUT2D eigenvalue weighted by molar-refractivity contribution is 5.79. The summed E-state index contributed by atoms with van der Waals surface area (Å²) in [6.07, 6.45) is 3.86. The van der Waals surface area contributed by atoms with E-state index in [9.17, 15) is 4.79 Å². The minimum absolute atomic E-state index is 0.0580. The van der Waals surface area contributed by atoms with Crippen molar-refractivity contribution in [3.8, 4) is 0 Å². The Morgan fingerprint density at radius 1 is 1.53 bits per heavy atom. The van der Waals surface area contributed by atoms with E-state index < -0.39 is 0 Å². The summed E-state index contributed by atoms with van der Waals surface area (Å²) in [5.74, 6) is 0.141. The SMILES string of the molecule is COCC1=CCN(C(=O)C(CN)CC(C)(C)C)CC1. The zero-order valence-electron chi connectivity index (χ0n) is 12.7. The molecule has 0 spiro atoms. The number of rotatable bonds is 5. The maximum atomic E-state index is 12.5. The second-order valence-electron chi connectivity index (χ2n) is 6.53. The molecule has 0 aromatic carbocycles. The summed E-state index contributed by atoms with van der Waals surface area (Å²) in [7, 11) is 1.70. The van der Waals surface area contributed by atoms with Crippen molar-refractivity contribution in [1.29, 1.82) is 0 Å². The van der Waals surface area contributed by atoms with E-state index in [2.05, 4.69) is 26.8 Å². The van der Waals surface area contributed by atoms with Gasteiger partial charge in [0.05, 0.1) is 12.5 Å². The largest absolute Gasteiger partial charge is 0.380 e. The standard InChI is InChI=1S/C15H28N2O2/c1-15(2,3)9-13(10-16)14(18)17-7-5-12(6-8-17)11-19-4/h5,13H,6-11,16H2,1-4H3. The van der Waals surface area contributed by atoms with Crippen molar-refractivity contribution in [1.82, 2.24) is 4.90 Å². The van der Waals surface area contributed by atoms with Crippen LogP contribution in [0.2, 0.25) is 0 Å². The van der Waals surface area contributed by atoms with E-state index in [0.29, 0.717) is 19.7 Å². The quantitative estimate of drug-likeness (QED) is 0.774. The molecule has 4 heteroatoms. The molecule has 2 N–H and O–H groups in total. The minimum atomic E-state index is -0.0580. The molecular formula is C15H28N2O2. The van der Waals surface area contributed by atoms with E-state index in [1.807, 2.05) is 4.90 Å². The molecule has 0 aliphatic carbocycles. The first-order valence-corrected chi connectivity index (χ1v) is 7.03. The van der Waals surface area contributed by atoms with Gasteiger partial charge in [0.1, 0.15) is 0 Å². The maximum Gasteiger partial charge on any atom is 0.227 e. The molecule has 19 heavy (non-hydrogen) atoms. The average Bonchev–Trinajstić information content (AvgIpc) is 2.35. The van der Waals surface area contributed by atoms with Crippen LogP contribution in [0.4, 0.5) is 0 Å². The Labute approximate surface area is 117 Å². The molecule has 1 aliphatic rings. The molecule has 0 saturated heterocycles. The maximum absolute atomic E-state index is 12.5. The molecule has 0 aromatic rings. The number of hydrogen-bond acceptors (Lipinski definition) is 3. The van der Waals surface area contributed by atoms with Crippen LogP contribution in [0.3, 0.4) is 0 Å². The van der Waals surface area contributed by atoms with Crippen molar-refractivity contribution in [2.24, 2.45) is 17.1 Å². The van der Waals surface area contributed by atoms with Gasteiger partial charge in [0.2, 0.25) is 5.91 Å².